The van der Waals surface area contributed by atoms with Crippen molar-refractivity contribution in [3.63, 3.8) is 0 Å². The van der Waals surface area contributed by atoms with Gasteiger partial charge in [-0.3, -0.25) is 14.2 Å². The molecule has 2 amide bonds. The Balaban J connectivity index is 1.80. The van der Waals surface area contributed by atoms with E-state index in [0.717, 1.165) is 16.5 Å². The van der Waals surface area contributed by atoms with E-state index in [4.69, 9.17) is 0 Å². The second-order valence-electron chi connectivity index (χ2n) is 6.58. The largest absolute Gasteiger partial charge is 0.279 e. The average Bonchev–Trinajstić information content (AvgIpc) is 3.17. The Morgan fingerprint density at radius 2 is 1.52 bits per heavy atom. The number of benzene rings is 2. The Morgan fingerprint density at radius 1 is 0.815 bits per heavy atom. The van der Waals surface area contributed by atoms with Gasteiger partial charge in [0.2, 0.25) is 0 Å². The number of anilines is 1. The van der Waals surface area contributed by atoms with Crippen LogP contribution in [0.3, 0.4) is 0 Å². The normalized spacial score (nSPS) is 13.4. The third-order valence-corrected chi connectivity index (χ3v) is 4.84. The molecule has 0 N–H and O–H groups in total. The highest BCUT2D eigenvalue weighted by atomic mass is 16.2. The van der Waals surface area contributed by atoms with Gasteiger partial charge in [0.25, 0.3) is 11.8 Å². The van der Waals surface area contributed by atoms with E-state index >= 15 is 0 Å². The van der Waals surface area contributed by atoms with Gasteiger partial charge in [-0.25, -0.2) is 9.88 Å². The molecule has 1 aliphatic heterocycles. The molecule has 2 aromatic carbocycles. The monoisotopic (exact) mass is 353 g/mol. The number of amides is 2. The summed E-state index contributed by atoms with van der Waals surface area (Å²) in [6, 6.07) is 20.4. The molecule has 2 aromatic heterocycles. The number of nitrogens with zero attached hydrogens (tertiary/aromatic N) is 3. The predicted octanol–water partition coefficient (Wildman–Crippen LogP) is 4.13. The summed E-state index contributed by atoms with van der Waals surface area (Å²) in [4.78, 5) is 31.7. The van der Waals surface area contributed by atoms with Gasteiger partial charge in [-0.2, -0.15) is 0 Å². The van der Waals surface area contributed by atoms with Crippen LogP contribution in [0, 0.1) is 6.92 Å². The topological polar surface area (TPSA) is 55.2 Å². The summed E-state index contributed by atoms with van der Waals surface area (Å²) in [6.45, 7) is 2.01. The lowest BCUT2D eigenvalue weighted by Gasteiger charge is -2.17. The fourth-order valence-electron chi connectivity index (χ4n) is 3.61. The first-order chi connectivity index (χ1) is 13.1. The molecule has 5 nitrogen and oxygen atoms in total. The summed E-state index contributed by atoms with van der Waals surface area (Å²) >= 11 is 0. The molecule has 0 saturated heterocycles. The van der Waals surface area contributed by atoms with Crippen molar-refractivity contribution in [2.24, 2.45) is 0 Å². The number of carbonyl (C=O) groups is 2. The zero-order valence-electron chi connectivity index (χ0n) is 14.6. The first kappa shape index (κ1) is 15.5. The standard InChI is InChI=1S/C22H15N3O2/c1-14-9-10-18-15(12-14)13-20(24(18)19-8-4-5-11-23-19)25-21(26)16-6-2-3-7-17(16)22(25)27/h2-13H,1H3. The summed E-state index contributed by atoms with van der Waals surface area (Å²) in [5, 5.41) is 0.951. The van der Waals surface area contributed by atoms with Crippen molar-refractivity contribution in [2.75, 3.05) is 4.90 Å². The molecule has 0 atom stereocenters. The minimum absolute atomic E-state index is 0.313. The molecule has 0 spiro atoms. The Kier molecular flexibility index (Phi) is 3.24. The van der Waals surface area contributed by atoms with Crippen molar-refractivity contribution >= 4 is 28.5 Å². The van der Waals surface area contributed by atoms with E-state index in [9.17, 15) is 9.59 Å². The van der Waals surface area contributed by atoms with Crippen LogP contribution in [-0.2, 0) is 0 Å². The Hall–Kier alpha value is -3.73. The van der Waals surface area contributed by atoms with Crippen molar-refractivity contribution in [1.29, 1.82) is 0 Å². The zero-order valence-corrected chi connectivity index (χ0v) is 14.6. The second kappa shape index (κ2) is 5.64. The smallest absolute Gasteiger partial charge is 0.267 e. The van der Waals surface area contributed by atoms with Crippen molar-refractivity contribution < 1.29 is 9.59 Å². The fraction of sp³-hybridized carbons (Fsp3) is 0.0455. The number of hydrogen-bond acceptors (Lipinski definition) is 3. The van der Waals surface area contributed by atoms with Gasteiger partial charge in [0.05, 0.1) is 16.6 Å². The van der Waals surface area contributed by atoms with Crippen LogP contribution in [0.1, 0.15) is 26.3 Å². The number of fused-ring (bicyclic) bond motifs is 2. The molecule has 130 valence electrons. The third-order valence-electron chi connectivity index (χ3n) is 4.84. The first-order valence-electron chi connectivity index (χ1n) is 8.66. The van der Waals surface area contributed by atoms with E-state index in [2.05, 4.69) is 4.98 Å². The van der Waals surface area contributed by atoms with E-state index in [1.165, 1.54) is 4.90 Å². The highest BCUT2D eigenvalue weighted by Crippen LogP contribution is 2.35. The maximum atomic E-state index is 13.0. The molecule has 3 heterocycles. The first-order valence-corrected chi connectivity index (χ1v) is 8.66. The number of pyridine rings is 1. The van der Waals surface area contributed by atoms with Gasteiger partial charge in [-0.1, -0.05) is 29.8 Å². The lowest BCUT2D eigenvalue weighted by Crippen LogP contribution is -2.31. The molecule has 0 unspecified atom stereocenters. The van der Waals surface area contributed by atoms with E-state index < -0.39 is 0 Å². The van der Waals surface area contributed by atoms with Crippen LogP contribution < -0.4 is 4.90 Å². The maximum absolute atomic E-state index is 13.0. The molecule has 0 saturated carbocycles. The molecule has 0 bridgehead atoms. The van der Waals surface area contributed by atoms with Crippen LogP contribution in [0.2, 0.25) is 0 Å². The summed E-state index contributed by atoms with van der Waals surface area (Å²) in [5.41, 5.74) is 2.86. The average molecular weight is 353 g/mol. The summed E-state index contributed by atoms with van der Waals surface area (Å²) in [6.07, 6.45) is 1.70. The van der Waals surface area contributed by atoms with E-state index in [1.54, 1.807) is 30.5 Å². The Bertz CT molecular complexity index is 1190. The fourth-order valence-corrected chi connectivity index (χ4v) is 3.61. The summed E-state index contributed by atoms with van der Waals surface area (Å²) in [7, 11) is 0. The SMILES string of the molecule is Cc1ccc2c(c1)cc(N1C(=O)c3ccccc3C1=O)n2-c1ccccn1. The number of imide groups is 1. The molecule has 0 radical (unpaired) electrons. The summed E-state index contributed by atoms with van der Waals surface area (Å²) < 4.78 is 1.86. The highest BCUT2D eigenvalue weighted by molar-refractivity contribution is 6.34. The van der Waals surface area contributed by atoms with Gasteiger partial charge >= 0.3 is 0 Å². The molecule has 0 fully saturated rings. The third kappa shape index (κ3) is 2.22. The molecule has 27 heavy (non-hydrogen) atoms. The number of aromatic nitrogens is 2. The number of hydrogen-bond donors (Lipinski definition) is 0. The van der Waals surface area contributed by atoms with Crippen LogP contribution in [0.4, 0.5) is 5.82 Å². The molecular weight excluding hydrogens is 338 g/mol. The predicted molar refractivity (Wildman–Crippen MR) is 103 cm³/mol. The van der Waals surface area contributed by atoms with Crippen LogP contribution in [0.5, 0.6) is 0 Å². The molecule has 0 aliphatic carbocycles. The number of rotatable bonds is 2. The van der Waals surface area contributed by atoms with E-state index in [-0.39, 0.29) is 11.8 Å². The Labute approximate surface area is 155 Å². The molecule has 4 aromatic rings. The van der Waals surface area contributed by atoms with Crippen molar-refractivity contribution in [3.8, 4) is 5.82 Å². The van der Waals surface area contributed by atoms with Crippen LogP contribution in [0.15, 0.2) is 72.9 Å². The minimum atomic E-state index is -0.313. The Morgan fingerprint density at radius 3 is 2.19 bits per heavy atom. The highest BCUT2D eigenvalue weighted by Gasteiger charge is 2.38. The van der Waals surface area contributed by atoms with Gasteiger partial charge in [0, 0.05) is 11.6 Å². The molecular formula is C22H15N3O2. The lowest BCUT2D eigenvalue weighted by atomic mass is 10.1. The summed E-state index contributed by atoms with van der Waals surface area (Å²) in [5.74, 6) is 0.531. The molecule has 5 heteroatoms. The van der Waals surface area contributed by atoms with Gasteiger partial charge in [0.15, 0.2) is 0 Å². The second-order valence-corrected chi connectivity index (χ2v) is 6.58. The van der Waals surface area contributed by atoms with Crippen LogP contribution in [-0.4, -0.2) is 21.4 Å². The quantitative estimate of drug-likeness (QED) is 0.509. The number of aryl methyl sites for hydroxylation is 1. The zero-order chi connectivity index (χ0) is 18.5. The van der Waals surface area contributed by atoms with Crippen LogP contribution >= 0.6 is 0 Å². The maximum Gasteiger partial charge on any atom is 0.267 e. The van der Waals surface area contributed by atoms with Crippen molar-refractivity contribution in [2.45, 2.75) is 6.92 Å². The molecule has 5 rings (SSSR count). The number of carbonyl (C=O) groups excluding carboxylic acids is 2. The van der Waals surface area contributed by atoms with E-state index in [1.807, 2.05) is 54.0 Å². The van der Waals surface area contributed by atoms with Crippen LogP contribution in [0.25, 0.3) is 16.7 Å². The molecule has 1 aliphatic rings. The van der Waals surface area contributed by atoms with Gasteiger partial charge in [-0.05, 0) is 49.4 Å². The lowest BCUT2D eigenvalue weighted by molar-refractivity contribution is 0.0924. The van der Waals surface area contributed by atoms with E-state index in [0.29, 0.717) is 22.8 Å². The van der Waals surface area contributed by atoms with Gasteiger partial charge in [-0.15, -0.1) is 0 Å². The van der Waals surface area contributed by atoms with Crippen molar-refractivity contribution in [1.82, 2.24) is 9.55 Å². The van der Waals surface area contributed by atoms with Gasteiger partial charge in [0.1, 0.15) is 11.6 Å². The van der Waals surface area contributed by atoms with Gasteiger partial charge < -0.3 is 0 Å². The van der Waals surface area contributed by atoms with Crippen molar-refractivity contribution in [3.05, 3.63) is 89.6 Å². The minimum Gasteiger partial charge on any atom is -0.279 e.